The lowest BCUT2D eigenvalue weighted by molar-refractivity contribution is 0.0697. The van der Waals surface area contributed by atoms with Gasteiger partial charge in [-0.2, -0.15) is 5.10 Å². The molecule has 0 saturated carbocycles. The molecule has 1 aromatic heterocycles. The Kier molecular flexibility index (Phi) is 3.25. The van der Waals surface area contributed by atoms with Crippen LogP contribution in [0.4, 0.5) is 0 Å². The van der Waals surface area contributed by atoms with Crippen LogP contribution in [-0.4, -0.2) is 28.4 Å². The second-order valence-electron chi connectivity index (χ2n) is 3.73. The summed E-state index contributed by atoms with van der Waals surface area (Å²) in [7, 11) is 1.52. The lowest BCUT2D eigenvalue weighted by Gasteiger charge is -2.05. The third-order valence-electron chi connectivity index (χ3n) is 2.59. The van der Waals surface area contributed by atoms with Gasteiger partial charge in [-0.1, -0.05) is 11.6 Å². The zero-order chi connectivity index (χ0) is 13.3. The van der Waals surface area contributed by atoms with Crippen molar-refractivity contribution in [2.45, 2.75) is 6.92 Å². The molecule has 0 bridgehead atoms. The Bertz CT molecular complexity index is 607. The molecule has 0 unspecified atom stereocenters. The number of carbonyl (C=O) groups is 1. The number of benzene rings is 1. The highest BCUT2D eigenvalue weighted by Gasteiger charge is 2.19. The van der Waals surface area contributed by atoms with Crippen LogP contribution in [0.2, 0.25) is 5.02 Å². The van der Waals surface area contributed by atoms with E-state index in [0.717, 1.165) is 0 Å². The standard InChI is InChI=1S/C12H11ClN2O3/c1-6-10(12(16)17)11(15-14-6)7-3-4-9(18-2)8(13)5-7/h3-5H,1-2H3,(H,14,15)(H,16,17). The first-order valence-electron chi connectivity index (χ1n) is 5.16. The van der Waals surface area contributed by atoms with Crippen molar-refractivity contribution >= 4 is 17.6 Å². The van der Waals surface area contributed by atoms with E-state index in [1.165, 1.54) is 7.11 Å². The van der Waals surface area contributed by atoms with E-state index in [0.29, 0.717) is 27.7 Å². The molecule has 0 aliphatic heterocycles. The second kappa shape index (κ2) is 4.70. The number of aromatic amines is 1. The lowest BCUT2D eigenvalue weighted by atomic mass is 10.1. The van der Waals surface area contributed by atoms with Gasteiger partial charge < -0.3 is 9.84 Å². The largest absolute Gasteiger partial charge is 0.495 e. The Morgan fingerprint density at radius 3 is 2.78 bits per heavy atom. The fourth-order valence-corrected chi connectivity index (χ4v) is 1.97. The third-order valence-corrected chi connectivity index (χ3v) is 2.88. The number of hydrogen-bond donors (Lipinski definition) is 2. The topological polar surface area (TPSA) is 75.2 Å². The van der Waals surface area contributed by atoms with Crippen molar-refractivity contribution in [3.63, 3.8) is 0 Å². The van der Waals surface area contributed by atoms with Crippen molar-refractivity contribution in [1.29, 1.82) is 0 Å². The summed E-state index contributed by atoms with van der Waals surface area (Å²) in [4.78, 5) is 11.2. The van der Waals surface area contributed by atoms with Gasteiger partial charge in [0.2, 0.25) is 0 Å². The number of nitrogens with one attached hydrogen (secondary N) is 1. The van der Waals surface area contributed by atoms with Gasteiger partial charge in [-0.25, -0.2) is 4.79 Å². The van der Waals surface area contributed by atoms with Crippen LogP contribution >= 0.6 is 11.6 Å². The Balaban J connectivity index is 2.56. The first-order valence-corrected chi connectivity index (χ1v) is 5.54. The first kappa shape index (κ1) is 12.4. The molecule has 0 atom stereocenters. The summed E-state index contributed by atoms with van der Waals surface area (Å²) in [5, 5.41) is 16.2. The number of carboxylic acids is 1. The fraction of sp³-hybridized carbons (Fsp3) is 0.167. The SMILES string of the molecule is COc1ccc(-c2n[nH]c(C)c2C(=O)O)cc1Cl. The van der Waals surface area contributed by atoms with E-state index in [1.54, 1.807) is 25.1 Å². The molecule has 18 heavy (non-hydrogen) atoms. The number of ether oxygens (including phenoxy) is 1. The second-order valence-corrected chi connectivity index (χ2v) is 4.13. The predicted molar refractivity (Wildman–Crippen MR) is 67.3 cm³/mol. The summed E-state index contributed by atoms with van der Waals surface area (Å²) in [5.74, 6) is -0.493. The van der Waals surface area contributed by atoms with Gasteiger partial charge in [-0.05, 0) is 25.1 Å². The summed E-state index contributed by atoms with van der Waals surface area (Å²) >= 11 is 6.01. The Morgan fingerprint density at radius 1 is 1.50 bits per heavy atom. The molecule has 0 amide bonds. The van der Waals surface area contributed by atoms with Crippen LogP contribution in [0.15, 0.2) is 18.2 Å². The summed E-state index contributed by atoms with van der Waals surface area (Å²) in [6, 6.07) is 5.02. The molecule has 1 heterocycles. The van der Waals surface area contributed by atoms with E-state index in [1.807, 2.05) is 0 Å². The summed E-state index contributed by atoms with van der Waals surface area (Å²) in [6.07, 6.45) is 0. The number of halogens is 1. The van der Waals surface area contributed by atoms with E-state index in [4.69, 9.17) is 21.4 Å². The minimum Gasteiger partial charge on any atom is -0.495 e. The number of aromatic nitrogens is 2. The smallest absolute Gasteiger partial charge is 0.339 e. The number of aryl methyl sites for hydroxylation is 1. The van der Waals surface area contributed by atoms with Crippen molar-refractivity contribution in [2.75, 3.05) is 7.11 Å². The number of carboxylic acid groups (broad SMARTS) is 1. The Hall–Kier alpha value is -2.01. The highest BCUT2D eigenvalue weighted by Crippen LogP contribution is 2.31. The summed E-state index contributed by atoms with van der Waals surface area (Å²) in [6.45, 7) is 1.66. The minimum atomic E-state index is -1.02. The minimum absolute atomic E-state index is 0.149. The first-order chi connectivity index (χ1) is 8.54. The van der Waals surface area contributed by atoms with Gasteiger partial charge in [0.25, 0.3) is 0 Å². The van der Waals surface area contributed by atoms with Crippen LogP contribution in [-0.2, 0) is 0 Å². The maximum absolute atomic E-state index is 11.2. The molecule has 0 spiro atoms. The molecule has 2 rings (SSSR count). The number of rotatable bonds is 3. The van der Waals surface area contributed by atoms with Gasteiger partial charge >= 0.3 is 5.97 Å². The average molecular weight is 267 g/mol. The van der Waals surface area contributed by atoms with Gasteiger partial charge in [0, 0.05) is 11.3 Å². The number of nitrogens with zero attached hydrogens (tertiary/aromatic N) is 1. The van der Waals surface area contributed by atoms with E-state index in [2.05, 4.69) is 10.2 Å². The van der Waals surface area contributed by atoms with Crippen LogP contribution in [0.3, 0.4) is 0 Å². The van der Waals surface area contributed by atoms with Crippen LogP contribution in [0, 0.1) is 6.92 Å². The lowest BCUT2D eigenvalue weighted by Crippen LogP contribution is -1.99. The fourth-order valence-electron chi connectivity index (χ4n) is 1.71. The zero-order valence-corrected chi connectivity index (χ0v) is 10.6. The number of hydrogen-bond acceptors (Lipinski definition) is 3. The molecule has 0 aliphatic carbocycles. The van der Waals surface area contributed by atoms with Gasteiger partial charge in [-0.3, -0.25) is 5.10 Å². The van der Waals surface area contributed by atoms with Gasteiger partial charge in [0.15, 0.2) is 0 Å². The molecule has 94 valence electrons. The molecule has 2 N–H and O–H groups in total. The Labute approximate surface area is 108 Å². The number of methoxy groups -OCH3 is 1. The monoisotopic (exact) mass is 266 g/mol. The quantitative estimate of drug-likeness (QED) is 0.896. The van der Waals surface area contributed by atoms with Crippen molar-refractivity contribution in [3.05, 3.63) is 34.5 Å². The van der Waals surface area contributed by atoms with Crippen molar-refractivity contribution in [1.82, 2.24) is 10.2 Å². The van der Waals surface area contributed by atoms with Gasteiger partial charge in [-0.15, -0.1) is 0 Å². The normalized spacial score (nSPS) is 10.4. The van der Waals surface area contributed by atoms with Gasteiger partial charge in [0.1, 0.15) is 17.0 Å². The van der Waals surface area contributed by atoms with E-state index >= 15 is 0 Å². The summed E-state index contributed by atoms with van der Waals surface area (Å²) < 4.78 is 5.04. The van der Waals surface area contributed by atoms with Crippen molar-refractivity contribution < 1.29 is 14.6 Å². The molecular formula is C12H11ClN2O3. The molecule has 0 radical (unpaired) electrons. The highest BCUT2D eigenvalue weighted by atomic mass is 35.5. The Morgan fingerprint density at radius 2 is 2.22 bits per heavy atom. The molecule has 1 aromatic carbocycles. The van der Waals surface area contributed by atoms with Gasteiger partial charge in [0.05, 0.1) is 12.1 Å². The van der Waals surface area contributed by atoms with Crippen LogP contribution in [0.25, 0.3) is 11.3 Å². The van der Waals surface area contributed by atoms with Crippen LogP contribution in [0.5, 0.6) is 5.75 Å². The molecule has 0 aliphatic rings. The van der Waals surface area contributed by atoms with E-state index in [9.17, 15) is 4.79 Å². The van der Waals surface area contributed by atoms with Crippen LogP contribution in [0.1, 0.15) is 16.1 Å². The zero-order valence-electron chi connectivity index (χ0n) is 9.82. The van der Waals surface area contributed by atoms with E-state index < -0.39 is 5.97 Å². The molecular weight excluding hydrogens is 256 g/mol. The predicted octanol–water partition coefficient (Wildman–Crippen LogP) is 2.75. The van der Waals surface area contributed by atoms with E-state index in [-0.39, 0.29) is 5.56 Å². The molecule has 2 aromatic rings. The molecule has 5 nitrogen and oxygen atoms in total. The number of aromatic carboxylic acids is 1. The maximum atomic E-state index is 11.2. The molecule has 6 heteroatoms. The highest BCUT2D eigenvalue weighted by molar-refractivity contribution is 6.32. The summed E-state index contributed by atoms with van der Waals surface area (Å²) in [5.41, 5.74) is 1.65. The third kappa shape index (κ3) is 2.04. The number of H-pyrrole nitrogens is 1. The maximum Gasteiger partial charge on any atom is 0.339 e. The van der Waals surface area contributed by atoms with Crippen LogP contribution < -0.4 is 4.74 Å². The average Bonchev–Trinajstić information content (AvgIpc) is 2.71. The van der Waals surface area contributed by atoms with Crippen molar-refractivity contribution in [2.24, 2.45) is 0 Å². The van der Waals surface area contributed by atoms with Crippen molar-refractivity contribution in [3.8, 4) is 17.0 Å². The molecule has 0 saturated heterocycles. The molecule has 0 fully saturated rings.